The molecule has 0 aromatic heterocycles. The van der Waals surface area contributed by atoms with Gasteiger partial charge in [-0.3, -0.25) is 4.79 Å². The monoisotopic (exact) mass is 1160 g/mol. The summed E-state index contributed by atoms with van der Waals surface area (Å²) >= 11 is 23.3. The largest absolute Gasteiger partial charge is 0.478 e. The minimum Gasteiger partial charge on any atom is -0.478 e. The van der Waals surface area contributed by atoms with Gasteiger partial charge < -0.3 is 15.3 Å². The van der Waals surface area contributed by atoms with E-state index in [2.05, 4.69) is 76.3 Å². The molecule has 0 heterocycles. The van der Waals surface area contributed by atoms with E-state index in [1.165, 1.54) is 27.2 Å². The van der Waals surface area contributed by atoms with E-state index in [-0.39, 0.29) is 31.6 Å². The van der Waals surface area contributed by atoms with Crippen molar-refractivity contribution in [1.82, 2.24) is 10.2 Å². The van der Waals surface area contributed by atoms with Crippen molar-refractivity contribution < 1.29 is 49.8 Å². The Morgan fingerprint density at radius 3 is 1.37 bits per heavy atom. The molecule has 0 radical (unpaired) electrons. The van der Waals surface area contributed by atoms with E-state index < -0.39 is 68.2 Å². The standard InChI is InChI=1S/C29H29Cl2F4NO.C21H28ClN.C8H3ClF4O2.ClH/c1-4-22-14-20(9-10-25(22)30)11-12-36(17-21-7-5-19(6-8-21)13-18(2)3)28(37)24-15-23(29(33,34)35)16-26(31)27(24)32;1-4-20-14-18(9-10-21(20)22)11-12-23-15-19-7-5-17(6-8-19)13-16(2)3;9-5-2-3(8(11,12)13)1-4(6(5)10)7(14)15;/h5-10,14-16,18H,4,11-13,17H2,1-3H3;5-10,14,16,23H,4,11-13,15H2,1-3H3;1-2H,(H,14,15);1H. The molecule has 0 aliphatic carbocycles. The first-order chi connectivity index (χ1) is 35.2. The van der Waals surface area contributed by atoms with Crippen LogP contribution in [-0.2, 0) is 64.0 Å². The van der Waals surface area contributed by atoms with E-state index in [9.17, 15) is 44.7 Å². The second kappa shape index (κ2) is 30.3. The third-order valence-corrected chi connectivity index (χ3v) is 13.0. The Bertz CT molecular complexity index is 2840. The number of benzene rings is 6. The fraction of sp³-hybridized carbons (Fsp3) is 0.345. The van der Waals surface area contributed by atoms with Gasteiger partial charge in [0.2, 0.25) is 0 Å². The molecule has 0 spiro atoms. The maximum absolute atomic E-state index is 14.8. The molecule has 2 N–H and O–H groups in total. The molecule has 412 valence electrons. The highest BCUT2D eigenvalue weighted by molar-refractivity contribution is 6.32. The van der Waals surface area contributed by atoms with Gasteiger partial charge in [-0.25, -0.2) is 13.6 Å². The lowest BCUT2D eigenvalue weighted by Crippen LogP contribution is -2.33. The Morgan fingerprint density at radius 2 is 0.947 bits per heavy atom. The highest BCUT2D eigenvalue weighted by Gasteiger charge is 2.35. The van der Waals surface area contributed by atoms with Gasteiger partial charge >= 0.3 is 18.3 Å². The van der Waals surface area contributed by atoms with Crippen LogP contribution in [-0.4, -0.2) is 35.0 Å². The predicted molar refractivity (Wildman–Crippen MR) is 293 cm³/mol. The normalized spacial score (nSPS) is 11.4. The average molecular weight is 1160 g/mol. The van der Waals surface area contributed by atoms with Crippen LogP contribution in [0.1, 0.15) is 118 Å². The van der Waals surface area contributed by atoms with Crippen molar-refractivity contribution >= 4 is 70.7 Å². The van der Waals surface area contributed by atoms with E-state index in [0.29, 0.717) is 41.5 Å². The van der Waals surface area contributed by atoms with Crippen LogP contribution in [0.5, 0.6) is 0 Å². The summed E-state index contributed by atoms with van der Waals surface area (Å²) < 4.78 is 104. The maximum atomic E-state index is 14.8. The number of amides is 1. The lowest BCUT2D eigenvalue weighted by molar-refractivity contribution is -0.138. The Balaban J connectivity index is 0.000000331. The summed E-state index contributed by atoms with van der Waals surface area (Å²) in [6.45, 7) is 15.0. The van der Waals surface area contributed by atoms with Gasteiger partial charge in [-0.05, 0) is 138 Å². The zero-order valence-electron chi connectivity index (χ0n) is 42.8. The molecule has 5 nitrogen and oxygen atoms in total. The van der Waals surface area contributed by atoms with E-state index >= 15 is 0 Å². The van der Waals surface area contributed by atoms with Crippen LogP contribution < -0.4 is 5.32 Å². The molecule has 0 saturated heterocycles. The van der Waals surface area contributed by atoms with Crippen LogP contribution >= 0.6 is 58.8 Å². The molecule has 6 rings (SSSR count). The summed E-state index contributed by atoms with van der Waals surface area (Å²) in [5.74, 6) is -4.02. The molecule has 0 fully saturated rings. The molecule has 0 aliphatic heterocycles. The number of aromatic carboxylic acids is 1. The molecular formula is C58H61Cl5F8N2O3. The van der Waals surface area contributed by atoms with Crippen LogP contribution in [0.25, 0.3) is 0 Å². The molecule has 6 aromatic carbocycles. The lowest BCUT2D eigenvalue weighted by atomic mass is 10.0. The summed E-state index contributed by atoms with van der Waals surface area (Å²) in [6.07, 6.45) is -4.32. The predicted octanol–water partition coefficient (Wildman–Crippen LogP) is 17.8. The number of carboxylic acid groups (broad SMARTS) is 1. The van der Waals surface area contributed by atoms with Gasteiger partial charge in [0.25, 0.3) is 5.91 Å². The Hall–Kier alpha value is -4.89. The first-order valence-electron chi connectivity index (χ1n) is 24.3. The summed E-state index contributed by atoms with van der Waals surface area (Å²) in [5.41, 5.74) is 4.87. The second-order valence-corrected chi connectivity index (χ2v) is 20.4. The zero-order valence-corrected chi connectivity index (χ0v) is 46.6. The molecule has 76 heavy (non-hydrogen) atoms. The summed E-state index contributed by atoms with van der Waals surface area (Å²) in [5, 5.41) is 11.8. The Kier molecular flexibility index (Phi) is 26.1. The van der Waals surface area contributed by atoms with Crippen LogP contribution in [0.4, 0.5) is 35.1 Å². The number of carbonyl (C=O) groups excluding carboxylic acids is 1. The number of alkyl halides is 6. The number of carbonyl (C=O) groups is 2. The molecule has 0 aliphatic rings. The Labute approximate surface area is 466 Å². The third kappa shape index (κ3) is 20.5. The van der Waals surface area contributed by atoms with Gasteiger partial charge in [-0.2, -0.15) is 26.3 Å². The van der Waals surface area contributed by atoms with Gasteiger partial charge in [-0.1, -0.05) is 161 Å². The molecule has 0 unspecified atom stereocenters. The van der Waals surface area contributed by atoms with Crippen LogP contribution in [0.2, 0.25) is 20.1 Å². The van der Waals surface area contributed by atoms with Gasteiger partial charge in [-0.15, -0.1) is 12.4 Å². The smallest absolute Gasteiger partial charge is 0.416 e. The first-order valence-corrected chi connectivity index (χ1v) is 25.8. The molecule has 0 atom stereocenters. The van der Waals surface area contributed by atoms with Crippen molar-refractivity contribution in [3.63, 3.8) is 0 Å². The van der Waals surface area contributed by atoms with Gasteiger partial charge in [0.15, 0.2) is 11.6 Å². The highest BCUT2D eigenvalue weighted by Crippen LogP contribution is 2.35. The first kappa shape index (κ1) is 65.4. The van der Waals surface area contributed by atoms with Gasteiger partial charge in [0, 0.05) is 29.7 Å². The summed E-state index contributed by atoms with van der Waals surface area (Å²) in [6, 6.07) is 30.2. The SMILES string of the molecule is CCc1cc(CCN(Cc2ccc(CC(C)C)cc2)C(=O)c2cc(C(F)(F)F)cc(Cl)c2F)ccc1Cl.CCc1cc(CCNCc2ccc(CC(C)C)cc2)ccc1Cl.Cl.O=C(O)c1cc(C(F)(F)F)cc(Cl)c1F. The number of carboxylic acids is 1. The van der Waals surface area contributed by atoms with Crippen molar-refractivity contribution in [3.05, 3.63) is 208 Å². The molecular weight excluding hydrogens is 1100 g/mol. The van der Waals surface area contributed by atoms with E-state index in [1.807, 2.05) is 49.4 Å². The van der Waals surface area contributed by atoms with Crippen LogP contribution in [0, 0.1) is 23.5 Å². The fourth-order valence-electron chi connectivity index (χ4n) is 7.82. The van der Waals surface area contributed by atoms with Crippen molar-refractivity contribution in [2.45, 2.75) is 106 Å². The lowest BCUT2D eigenvalue weighted by Gasteiger charge is -2.24. The van der Waals surface area contributed by atoms with Gasteiger partial charge in [0.1, 0.15) is 0 Å². The molecule has 1 amide bonds. The topological polar surface area (TPSA) is 69.6 Å². The van der Waals surface area contributed by atoms with E-state index in [1.54, 1.807) is 6.07 Å². The quantitative estimate of drug-likeness (QED) is 0.0665. The Morgan fingerprint density at radius 1 is 0.553 bits per heavy atom. The fourth-order valence-corrected chi connectivity index (χ4v) is 8.76. The average Bonchev–Trinajstić information content (AvgIpc) is 3.34. The van der Waals surface area contributed by atoms with E-state index in [4.69, 9.17) is 51.5 Å². The van der Waals surface area contributed by atoms with Crippen LogP contribution in [0.3, 0.4) is 0 Å². The van der Waals surface area contributed by atoms with Crippen LogP contribution in [0.15, 0.2) is 109 Å². The van der Waals surface area contributed by atoms with Gasteiger partial charge in [0.05, 0.1) is 32.3 Å². The molecule has 6 aromatic rings. The van der Waals surface area contributed by atoms with E-state index in [0.717, 1.165) is 72.5 Å². The van der Waals surface area contributed by atoms with Crippen molar-refractivity contribution in [2.24, 2.45) is 11.8 Å². The minimum absolute atomic E-state index is 0. The molecule has 18 heteroatoms. The highest BCUT2D eigenvalue weighted by atomic mass is 35.5. The number of aryl methyl sites for hydroxylation is 2. The number of hydrogen-bond acceptors (Lipinski definition) is 3. The molecule has 0 saturated carbocycles. The third-order valence-electron chi connectivity index (χ3n) is 11.7. The van der Waals surface area contributed by atoms with Crippen molar-refractivity contribution in [2.75, 3.05) is 13.1 Å². The number of halogens is 13. The number of nitrogens with zero attached hydrogens (tertiary/aromatic N) is 1. The summed E-state index contributed by atoms with van der Waals surface area (Å²) in [4.78, 5) is 25.2. The number of rotatable bonds is 18. The molecule has 0 bridgehead atoms. The maximum Gasteiger partial charge on any atom is 0.416 e. The zero-order chi connectivity index (χ0) is 55.8. The van der Waals surface area contributed by atoms with Crippen molar-refractivity contribution in [3.8, 4) is 0 Å². The minimum atomic E-state index is -4.77. The second-order valence-electron chi connectivity index (χ2n) is 18.7. The summed E-state index contributed by atoms with van der Waals surface area (Å²) in [7, 11) is 0. The van der Waals surface area contributed by atoms with Crippen molar-refractivity contribution in [1.29, 1.82) is 0 Å². The number of hydrogen-bond donors (Lipinski definition) is 2. The number of nitrogens with one attached hydrogen (secondary N) is 1.